The lowest BCUT2D eigenvalue weighted by Crippen LogP contribution is -2.46. The fourth-order valence-electron chi connectivity index (χ4n) is 2.50. The van der Waals surface area contributed by atoms with Gasteiger partial charge in [0.05, 0.1) is 0 Å². The van der Waals surface area contributed by atoms with Crippen LogP contribution >= 0.6 is 11.8 Å². The van der Waals surface area contributed by atoms with Gasteiger partial charge >= 0.3 is 0 Å². The molecule has 0 spiro atoms. The molecule has 1 fully saturated rings. The summed E-state index contributed by atoms with van der Waals surface area (Å²) < 4.78 is 0. The highest BCUT2D eigenvalue weighted by molar-refractivity contribution is 7.98. The van der Waals surface area contributed by atoms with Gasteiger partial charge < -0.3 is 10.2 Å². The molecule has 2 nitrogen and oxygen atoms in total. The van der Waals surface area contributed by atoms with Crippen LogP contribution in [0, 0.1) is 5.92 Å². The summed E-state index contributed by atoms with van der Waals surface area (Å²) in [6.07, 6.45) is 4.83. The Kier molecular flexibility index (Phi) is 6.78. The van der Waals surface area contributed by atoms with Crippen molar-refractivity contribution >= 4 is 11.8 Å². The third-order valence-electron chi connectivity index (χ3n) is 3.15. The Morgan fingerprint density at radius 1 is 1.25 bits per heavy atom. The van der Waals surface area contributed by atoms with Gasteiger partial charge in [-0.1, -0.05) is 13.8 Å². The Labute approximate surface area is 106 Å². The molecule has 1 unspecified atom stereocenters. The monoisotopic (exact) mass is 244 g/mol. The molecule has 0 aromatic heterocycles. The molecule has 1 rings (SSSR count). The van der Waals surface area contributed by atoms with Crippen LogP contribution in [-0.4, -0.2) is 48.6 Å². The number of piperidine rings is 1. The molecular formula is C13H28N2S. The summed E-state index contributed by atoms with van der Waals surface area (Å²) >= 11 is 1.93. The number of rotatable bonds is 6. The van der Waals surface area contributed by atoms with Crippen LogP contribution in [0.15, 0.2) is 0 Å². The van der Waals surface area contributed by atoms with Gasteiger partial charge in [-0.15, -0.1) is 0 Å². The van der Waals surface area contributed by atoms with E-state index in [2.05, 4.69) is 37.2 Å². The lowest BCUT2D eigenvalue weighted by molar-refractivity contribution is 0.177. The summed E-state index contributed by atoms with van der Waals surface area (Å²) in [5.41, 5.74) is 0. The highest BCUT2D eigenvalue weighted by Crippen LogP contribution is 2.13. The number of thioether (sulfide) groups is 1. The third-order valence-corrected chi connectivity index (χ3v) is 3.98. The quantitative estimate of drug-likeness (QED) is 0.772. The maximum absolute atomic E-state index is 3.75. The molecule has 0 aromatic carbocycles. The van der Waals surface area contributed by atoms with E-state index in [9.17, 15) is 0 Å². The first kappa shape index (κ1) is 14.3. The zero-order valence-electron chi connectivity index (χ0n) is 11.3. The van der Waals surface area contributed by atoms with Crippen molar-refractivity contribution in [1.82, 2.24) is 10.2 Å². The zero-order valence-corrected chi connectivity index (χ0v) is 12.1. The number of hydrogen-bond donors (Lipinski definition) is 1. The first-order chi connectivity index (χ1) is 7.61. The first-order valence-electron chi connectivity index (χ1n) is 6.59. The molecule has 0 amide bonds. The number of likely N-dealkylation sites (tertiary alicyclic amines) is 1. The van der Waals surface area contributed by atoms with E-state index >= 15 is 0 Å². The summed E-state index contributed by atoms with van der Waals surface area (Å²) in [6, 6.07) is 1.42. The Balaban J connectivity index is 2.16. The largest absolute Gasteiger partial charge is 0.311 e. The van der Waals surface area contributed by atoms with E-state index in [0.29, 0.717) is 6.04 Å². The summed E-state index contributed by atoms with van der Waals surface area (Å²) in [4.78, 5) is 2.61. The summed E-state index contributed by atoms with van der Waals surface area (Å²) in [7, 11) is 0. The second kappa shape index (κ2) is 7.57. The van der Waals surface area contributed by atoms with E-state index in [0.717, 1.165) is 12.0 Å². The van der Waals surface area contributed by atoms with E-state index in [-0.39, 0.29) is 0 Å². The van der Waals surface area contributed by atoms with Gasteiger partial charge in [0.2, 0.25) is 0 Å². The normalized spacial score (nSPS) is 21.6. The van der Waals surface area contributed by atoms with E-state index < -0.39 is 0 Å². The maximum Gasteiger partial charge on any atom is 0.0132 e. The average Bonchev–Trinajstić information content (AvgIpc) is 2.20. The predicted molar refractivity (Wildman–Crippen MR) is 75.3 cm³/mol. The van der Waals surface area contributed by atoms with Crippen molar-refractivity contribution in [2.45, 2.75) is 45.7 Å². The minimum atomic E-state index is 0.664. The highest BCUT2D eigenvalue weighted by Gasteiger charge is 2.20. The van der Waals surface area contributed by atoms with Crippen molar-refractivity contribution in [3.63, 3.8) is 0 Å². The second-order valence-corrected chi connectivity index (χ2v) is 6.40. The molecule has 0 bridgehead atoms. The van der Waals surface area contributed by atoms with Crippen molar-refractivity contribution in [1.29, 1.82) is 0 Å². The van der Waals surface area contributed by atoms with Gasteiger partial charge in [-0.05, 0) is 45.0 Å². The van der Waals surface area contributed by atoms with Crippen LogP contribution in [0.1, 0.15) is 33.6 Å². The van der Waals surface area contributed by atoms with Crippen LogP contribution in [0.5, 0.6) is 0 Å². The Hall–Kier alpha value is 0.270. The molecule has 1 saturated heterocycles. The Morgan fingerprint density at radius 3 is 2.38 bits per heavy atom. The molecular weight excluding hydrogens is 216 g/mol. The lowest BCUT2D eigenvalue weighted by atomic mass is 10.0. The Morgan fingerprint density at radius 2 is 1.88 bits per heavy atom. The van der Waals surface area contributed by atoms with Gasteiger partial charge in [0.1, 0.15) is 0 Å². The molecule has 0 aromatic rings. The van der Waals surface area contributed by atoms with Crippen LogP contribution in [0.25, 0.3) is 0 Å². The standard InChI is InChI=1S/C13H28N2S/c1-11(2)9-15-7-5-13(6-8-15)14-12(3)10-16-4/h11-14H,5-10H2,1-4H3. The van der Waals surface area contributed by atoms with E-state index in [1.807, 2.05) is 11.8 Å². The average molecular weight is 244 g/mol. The summed E-state index contributed by atoms with van der Waals surface area (Å²) in [5, 5.41) is 3.75. The van der Waals surface area contributed by atoms with Crippen LogP contribution < -0.4 is 5.32 Å². The van der Waals surface area contributed by atoms with Gasteiger partial charge in [-0.3, -0.25) is 0 Å². The Bertz CT molecular complexity index is 177. The zero-order chi connectivity index (χ0) is 12.0. The molecule has 96 valence electrons. The van der Waals surface area contributed by atoms with Gasteiger partial charge in [0, 0.05) is 24.4 Å². The third kappa shape index (κ3) is 5.55. The molecule has 1 N–H and O–H groups in total. The second-order valence-electron chi connectivity index (χ2n) is 5.49. The van der Waals surface area contributed by atoms with Crippen LogP contribution in [0.2, 0.25) is 0 Å². The molecule has 0 aliphatic carbocycles. The van der Waals surface area contributed by atoms with Crippen molar-refractivity contribution in [3.05, 3.63) is 0 Å². The van der Waals surface area contributed by atoms with Crippen LogP contribution in [-0.2, 0) is 0 Å². The van der Waals surface area contributed by atoms with Gasteiger partial charge in [-0.25, -0.2) is 0 Å². The van der Waals surface area contributed by atoms with Crippen LogP contribution in [0.4, 0.5) is 0 Å². The number of nitrogens with one attached hydrogen (secondary N) is 1. The van der Waals surface area contributed by atoms with Crippen molar-refractivity contribution in [3.8, 4) is 0 Å². The smallest absolute Gasteiger partial charge is 0.0132 e. The molecule has 1 aliphatic rings. The fourth-order valence-corrected chi connectivity index (χ4v) is 3.10. The van der Waals surface area contributed by atoms with Crippen LogP contribution in [0.3, 0.4) is 0 Å². The number of hydrogen-bond acceptors (Lipinski definition) is 3. The molecule has 16 heavy (non-hydrogen) atoms. The molecule has 1 atom stereocenters. The van der Waals surface area contributed by atoms with E-state index in [4.69, 9.17) is 0 Å². The lowest BCUT2D eigenvalue weighted by Gasteiger charge is -2.34. The van der Waals surface area contributed by atoms with E-state index in [1.54, 1.807) is 0 Å². The summed E-state index contributed by atoms with van der Waals surface area (Å²) in [6.45, 7) is 10.8. The van der Waals surface area contributed by atoms with Crippen molar-refractivity contribution in [2.24, 2.45) is 5.92 Å². The predicted octanol–water partition coefficient (Wildman–Crippen LogP) is 2.45. The molecule has 1 aliphatic heterocycles. The van der Waals surface area contributed by atoms with Gasteiger partial charge in [-0.2, -0.15) is 11.8 Å². The molecule has 3 heteroatoms. The maximum atomic E-state index is 3.75. The van der Waals surface area contributed by atoms with Gasteiger partial charge in [0.25, 0.3) is 0 Å². The highest BCUT2D eigenvalue weighted by atomic mass is 32.2. The van der Waals surface area contributed by atoms with E-state index in [1.165, 1.54) is 38.2 Å². The molecule has 0 radical (unpaired) electrons. The van der Waals surface area contributed by atoms with Gasteiger partial charge in [0.15, 0.2) is 0 Å². The van der Waals surface area contributed by atoms with Crippen molar-refractivity contribution in [2.75, 3.05) is 31.6 Å². The summed E-state index contributed by atoms with van der Waals surface area (Å²) in [5.74, 6) is 2.03. The number of nitrogens with zero attached hydrogens (tertiary/aromatic N) is 1. The molecule has 1 heterocycles. The minimum Gasteiger partial charge on any atom is -0.311 e. The van der Waals surface area contributed by atoms with Crippen molar-refractivity contribution < 1.29 is 0 Å². The first-order valence-corrected chi connectivity index (χ1v) is 7.98. The molecule has 0 saturated carbocycles. The fraction of sp³-hybridized carbons (Fsp3) is 1.00. The minimum absolute atomic E-state index is 0.664. The topological polar surface area (TPSA) is 15.3 Å². The SMILES string of the molecule is CSCC(C)NC1CCN(CC(C)C)CC1.